The number of hydrogen-bond acceptors (Lipinski definition) is 4. The molecular weight excluding hydrogens is 204 g/mol. The van der Waals surface area contributed by atoms with Gasteiger partial charge in [0, 0.05) is 32.4 Å². The summed E-state index contributed by atoms with van der Waals surface area (Å²) < 4.78 is 5.35. The molecule has 0 atom stereocenters. The zero-order valence-electron chi connectivity index (χ0n) is 9.78. The van der Waals surface area contributed by atoms with Crippen molar-refractivity contribution in [1.29, 1.82) is 0 Å². The Labute approximate surface area is 96.0 Å². The van der Waals surface area contributed by atoms with Crippen LogP contribution in [0, 0.1) is 5.92 Å². The lowest BCUT2D eigenvalue weighted by atomic mass is 10.00. The molecule has 0 unspecified atom stereocenters. The number of aromatic nitrogens is 2. The molecule has 1 fully saturated rings. The normalized spacial score (nSPS) is 18.1. The number of hydrogen-bond donors (Lipinski definition) is 2. The number of nitrogens with two attached hydrogens (primary N) is 1. The third kappa shape index (κ3) is 3.21. The highest BCUT2D eigenvalue weighted by Crippen LogP contribution is 2.16. The topological polar surface area (TPSA) is 67.2 Å². The first-order valence-corrected chi connectivity index (χ1v) is 5.80. The third-order valence-corrected chi connectivity index (χ3v) is 3.00. The molecule has 5 nitrogen and oxygen atoms in total. The van der Waals surface area contributed by atoms with Gasteiger partial charge in [-0.15, -0.1) is 0 Å². The van der Waals surface area contributed by atoms with E-state index in [4.69, 9.17) is 10.5 Å². The monoisotopic (exact) mass is 224 g/mol. The van der Waals surface area contributed by atoms with E-state index in [2.05, 4.69) is 22.1 Å². The highest BCUT2D eigenvalue weighted by atomic mass is 16.5. The van der Waals surface area contributed by atoms with Gasteiger partial charge in [-0.1, -0.05) is 0 Å². The Morgan fingerprint density at radius 2 is 2.31 bits per heavy atom. The summed E-state index contributed by atoms with van der Waals surface area (Å²) in [6.45, 7) is 3.81. The van der Waals surface area contributed by atoms with Gasteiger partial charge in [0.2, 0.25) is 0 Å². The van der Waals surface area contributed by atoms with E-state index in [1.807, 2.05) is 6.07 Å². The zero-order valence-corrected chi connectivity index (χ0v) is 9.78. The molecule has 1 aromatic heterocycles. The van der Waals surface area contributed by atoms with Gasteiger partial charge in [-0.3, -0.25) is 5.10 Å². The van der Waals surface area contributed by atoms with Gasteiger partial charge in [0.25, 0.3) is 0 Å². The van der Waals surface area contributed by atoms with Crippen LogP contribution < -0.4 is 5.73 Å². The molecule has 1 saturated heterocycles. The van der Waals surface area contributed by atoms with Crippen LogP contribution in [0.5, 0.6) is 0 Å². The largest absolute Gasteiger partial charge is 0.382 e. The summed E-state index contributed by atoms with van der Waals surface area (Å²) in [6, 6.07) is 1.89. The number of rotatable bonds is 4. The van der Waals surface area contributed by atoms with Crippen molar-refractivity contribution < 1.29 is 4.74 Å². The van der Waals surface area contributed by atoms with Crippen molar-refractivity contribution >= 4 is 5.82 Å². The Hall–Kier alpha value is -1.07. The van der Waals surface area contributed by atoms with E-state index in [1.54, 1.807) is 0 Å². The van der Waals surface area contributed by atoms with Crippen LogP contribution in [-0.4, -0.2) is 41.9 Å². The number of nitrogens with zero attached hydrogens (tertiary/aromatic N) is 2. The van der Waals surface area contributed by atoms with Crippen molar-refractivity contribution in [2.75, 3.05) is 32.5 Å². The number of nitrogens with one attached hydrogen (secondary N) is 1. The molecule has 1 aromatic rings. The molecule has 0 saturated carbocycles. The van der Waals surface area contributed by atoms with Gasteiger partial charge < -0.3 is 15.4 Å². The maximum Gasteiger partial charge on any atom is 0.145 e. The number of anilines is 1. The van der Waals surface area contributed by atoms with E-state index in [9.17, 15) is 0 Å². The van der Waals surface area contributed by atoms with Crippen molar-refractivity contribution in [1.82, 2.24) is 15.1 Å². The molecule has 0 amide bonds. The Morgan fingerprint density at radius 1 is 1.56 bits per heavy atom. The van der Waals surface area contributed by atoms with Gasteiger partial charge in [0.1, 0.15) is 5.82 Å². The Bertz CT molecular complexity index is 320. The molecule has 16 heavy (non-hydrogen) atoms. The second kappa shape index (κ2) is 5.32. The average molecular weight is 224 g/mol. The Morgan fingerprint density at radius 3 is 2.94 bits per heavy atom. The first kappa shape index (κ1) is 11.4. The fourth-order valence-electron chi connectivity index (χ4n) is 2.19. The van der Waals surface area contributed by atoms with Crippen LogP contribution >= 0.6 is 0 Å². The molecule has 0 bridgehead atoms. The lowest BCUT2D eigenvalue weighted by molar-refractivity contribution is 0.0548. The highest BCUT2D eigenvalue weighted by molar-refractivity contribution is 5.28. The fraction of sp³-hybridized carbons (Fsp3) is 0.727. The summed E-state index contributed by atoms with van der Waals surface area (Å²) in [4.78, 5) is 2.31. The standard InChI is InChI=1S/C11H20N4O/c1-15(7-9-2-4-16-5-3-9)8-10-6-11(12)14-13-10/h6,9H,2-5,7-8H2,1H3,(H3,12,13,14). The van der Waals surface area contributed by atoms with Gasteiger partial charge in [-0.2, -0.15) is 5.10 Å². The molecule has 90 valence electrons. The van der Waals surface area contributed by atoms with Crippen LogP contribution in [0.15, 0.2) is 6.07 Å². The molecule has 3 N–H and O–H groups in total. The van der Waals surface area contributed by atoms with Crippen LogP contribution in [0.25, 0.3) is 0 Å². The molecule has 2 rings (SSSR count). The van der Waals surface area contributed by atoms with Crippen molar-refractivity contribution in [3.63, 3.8) is 0 Å². The molecule has 0 aromatic carbocycles. The van der Waals surface area contributed by atoms with Crippen molar-refractivity contribution in [3.05, 3.63) is 11.8 Å². The van der Waals surface area contributed by atoms with Crippen LogP contribution in [0.1, 0.15) is 18.5 Å². The molecule has 2 heterocycles. The van der Waals surface area contributed by atoms with Crippen molar-refractivity contribution in [3.8, 4) is 0 Å². The Balaban J connectivity index is 1.77. The van der Waals surface area contributed by atoms with E-state index in [0.29, 0.717) is 5.82 Å². The molecule has 0 spiro atoms. The maximum absolute atomic E-state index is 5.56. The lowest BCUT2D eigenvalue weighted by Crippen LogP contribution is -2.29. The molecule has 1 aliphatic heterocycles. The van der Waals surface area contributed by atoms with Gasteiger partial charge in [0.15, 0.2) is 0 Å². The molecule has 0 aliphatic carbocycles. The fourth-order valence-corrected chi connectivity index (χ4v) is 2.19. The third-order valence-electron chi connectivity index (χ3n) is 3.00. The molecule has 0 radical (unpaired) electrons. The first-order valence-electron chi connectivity index (χ1n) is 5.80. The highest BCUT2D eigenvalue weighted by Gasteiger charge is 2.16. The summed E-state index contributed by atoms with van der Waals surface area (Å²) in [7, 11) is 2.13. The number of aromatic amines is 1. The summed E-state index contributed by atoms with van der Waals surface area (Å²) in [5.74, 6) is 1.33. The minimum Gasteiger partial charge on any atom is -0.382 e. The summed E-state index contributed by atoms with van der Waals surface area (Å²) >= 11 is 0. The van der Waals surface area contributed by atoms with Gasteiger partial charge in [-0.05, 0) is 25.8 Å². The van der Waals surface area contributed by atoms with E-state index in [1.165, 1.54) is 12.8 Å². The molecule has 5 heteroatoms. The van der Waals surface area contributed by atoms with Crippen molar-refractivity contribution in [2.24, 2.45) is 5.92 Å². The molecular formula is C11H20N4O. The van der Waals surface area contributed by atoms with E-state index in [-0.39, 0.29) is 0 Å². The van der Waals surface area contributed by atoms with Crippen LogP contribution in [0.3, 0.4) is 0 Å². The van der Waals surface area contributed by atoms with Gasteiger partial charge >= 0.3 is 0 Å². The zero-order chi connectivity index (χ0) is 11.4. The first-order chi connectivity index (χ1) is 7.74. The summed E-state index contributed by atoms with van der Waals surface area (Å²) in [6.07, 6.45) is 2.35. The van der Waals surface area contributed by atoms with Crippen LogP contribution in [0.4, 0.5) is 5.82 Å². The van der Waals surface area contributed by atoms with Gasteiger partial charge in [-0.25, -0.2) is 0 Å². The molecule has 1 aliphatic rings. The van der Waals surface area contributed by atoms with Crippen molar-refractivity contribution in [2.45, 2.75) is 19.4 Å². The number of H-pyrrole nitrogens is 1. The minimum absolute atomic E-state index is 0.564. The lowest BCUT2D eigenvalue weighted by Gasteiger charge is -2.26. The summed E-state index contributed by atoms with van der Waals surface area (Å²) in [5, 5.41) is 6.85. The predicted molar refractivity (Wildman–Crippen MR) is 62.9 cm³/mol. The quantitative estimate of drug-likeness (QED) is 0.795. The predicted octanol–water partition coefficient (Wildman–Crippen LogP) is 0.850. The SMILES string of the molecule is CN(Cc1cc(N)n[nH]1)CC1CCOCC1. The van der Waals surface area contributed by atoms with Crippen LogP contribution in [-0.2, 0) is 11.3 Å². The second-order valence-corrected chi connectivity index (χ2v) is 4.57. The van der Waals surface area contributed by atoms with E-state index >= 15 is 0 Å². The number of ether oxygens (including phenoxy) is 1. The average Bonchev–Trinajstić information content (AvgIpc) is 2.65. The number of nitrogen functional groups attached to an aromatic ring is 1. The van der Waals surface area contributed by atoms with E-state index in [0.717, 1.165) is 37.9 Å². The van der Waals surface area contributed by atoms with Crippen LogP contribution in [0.2, 0.25) is 0 Å². The summed E-state index contributed by atoms with van der Waals surface area (Å²) in [5.41, 5.74) is 6.64. The Kier molecular flexibility index (Phi) is 3.79. The minimum atomic E-state index is 0.564. The van der Waals surface area contributed by atoms with Gasteiger partial charge in [0.05, 0.1) is 5.69 Å². The maximum atomic E-state index is 5.56. The smallest absolute Gasteiger partial charge is 0.145 e. The second-order valence-electron chi connectivity index (χ2n) is 4.57. The van der Waals surface area contributed by atoms with E-state index < -0.39 is 0 Å².